The fourth-order valence-corrected chi connectivity index (χ4v) is 5.32. The van der Waals surface area contributed by atoms with Gasteiger partial charge in [0.2, 0.25) is 5.79 Å². The summed E-state index contributed by atoms with van der Waals surface area (Å²) in [4.78, 5) is 2.10. The number of ether oxygens (including phenoxy) is 3. The van der Waals surface area contributed by atoms with Crippen LogP contribution in [0, 0.1) is 0 Å². The van der Waals surface area contributed by atoms with Gasteiger partial charge in [-0.2, -0.15) is 0 Å². The molecule has 0 aliphatic carbocycles. The molecular formula is C26H57NO3Si. The minimum atomic E-state index is -0.688. The Morgan fingerprint density at radius 3 is 1.13 bits per heavy atom. The summed E-state index contributed by atoms with van der Waals surface area (Å²) in [7, 11) is 10.1. The molecule has 0 aliphatic rings. The molecule has 0 aliphatic heterocycles. The molecule has 0 rings (SSSR count). The van der Waals surface area contributed by atoms with E-state index in [1.165, 1.54) is 103 Å². The maximum Gasteiger partial charge on any atom is 0.206 e. The second-order valence-corrected chi connectivity index (χ2v) is 11.0. The molecule has 0 N–H and O–H groups in total. The minimum absolute atomic E-state index is 0.481. The van der Waals surface area contributed by atoms with Gasteiger partial charge in [-0.25, -0.2) is 0 Å². The summed E-state index contributed by atoms with van der Waals surface area (Å²) in [5, 5.41) is -0.481. The van der Waals surface area contributed by atoms with Crippen molar-refractivity contribution in [2.45, 2.75) is 134 Å². The zero-order valence-electron chi connectivity index (χ0n) is 22.4. The summed E-state index contributed by atoms with van der Waals surface area (Å²) >= 11 is 0. The lowest BCUT2D eigenvalue weighted by Gasteiger charge is -2.49. The van der Waals surface area contributed by atoms with E-state index in [9.17, 15) is 0 Å². The first-order valence-corrected chi connectivity index (χ1v) is 14.3. The van der Waals surface area contributed by atoms with Crippen LogP contribution in [0.3, 0.4) is 0 Å². The molecule has 0 amide bonds. The zero-order valence-corrected chi connectivity index (χ0v) is 24.4. The first-order chi connectivity index (χ1) is 14.9. The second-order valence-electron chi connectivity index (χ2n) is 9.65. The number of likely N-dealkylation sites (N-methyl/N-ethyl adjacent to an activating group) is 1. The predicted octanol–water partition coefficient (Wildman–Crippen LogP) is 6.24. The van der Waals surface area contributed by atoms with E-state index in [0.717, 1.165) is 23.1 Å². The summed E-state index contributed by atoms with van der Waals surface area (Å²) in [6.07, 6.45) is 24.5. The molecule has 1 atom stereocenters. The fraction of sp³-hybridized carbons (Fsp3) is 1.00. The van der Waals surface area contributed by atoms with Gasteiger partial charge in [0.1, 0.15) is 5.35 Å². The van der Waals surface area contributed by atoms with E-state index in [1.807, 2.05) is 14.1 Å². The predicted molar refractivity (Wildman–Crippen MR) is 139 cm³/mol. The Hall–Kier alpha value is 0.0569. The lowest BCUT2D eigenvalue weighted by molar-refractivity contribution is -0.316. The quantitative estimate of drug-likeness (QED) is 0.103. The number of rotatable bonds is 23. The molecule has 31 heavy (non-hydrogen) atoms. The number of unbranched alkanes of at least 4 members (excludes halogenated alkanes) is 16. The van der Waals surface area contributed by atoms with Gasteiger partial charge in [-0.1, -0.05) is 110 Å². The Morgan fingerprint density at radius 2 is 0.871 bits per heavy atom. The molecule has 0 spiro atoms. The lowest BCUT2D eigenvalue weighted by Crippen LogP contribution is -2.66. The van der Waals surface area contributed by atoms with Gasteiger partial charge in [0.25, 0.3) is 0 Å². The van der Waals surface area contributed by atoms with Crippen LogP contribution in [-0.4, -0.2) is 61.7 Å². The maximum atomic E-state index is 5.88. The molecule has 0 aromatic rings. The average molecular weight is 460 g/mol. The van der Waals surface area contributed by atoms with Crippen molar-refractivity contribution in [3.63, 3.8) is 0 Å². The molecule has 0 bridgehead atoms. The molecule has 0 saturated heterocycles. The van der Waals surface area contributed by atoms with Crippen molar-refractivity contribution in [3.8, 4) is 0 Å². The van der Waals surface area contributed by atoms with E-state index in [2.05, 4.69) is 11.8 Å². The Morgan fingerprint density at radius 1 is 0.548 bits per heavy atom. The number of methoxy groups -OCH3 is 3. The summed E-state index contributed by atoms with van der Waals surface area (Å²) < 4.78 is 17.6. The molecule has 0 aromatic heterocycles. The average Bonchev–Trinajstić information content (AvgIpc) is 2.78. The van der Waals surface area contributed by atoms with E-state index in [1.54, 1.807) is 21.3 Å². The van der Waals surface area contributed by atoms with E-state index < -0.39 is 11.1 Å². The van der Waals surface area contributed by atoms with E-state index in [-0.39, 0.29) is 0 Å². The monoisotopic (exact) mass is 459 g/mol. The molecular weight excluding hydrogens is 402 g/mol. The van der Waals surface area contributed by atoms with Gasteiger partial charge in [0, 0.05) is 27.8 Å². The second kappa shape index (κ2) is 19.5. The van der Waals surface area contributed by atoms with Crippen LogP contribution in [0.1, 0.15) is 122 Å². The topological polar surface area (TPSA) is 30.9 Å². The van der Waals surface area contributed by atoms with Gasteiger partial charge in [-0.15, -0.1) is 0 Å². The van der Waals surface area contributed by atoms with Crippen LogP contribution in [-0.2, 0) is 14.2 Å². The molecule has 1 unspecified atom stereocenters. The first-order valence-electron chi connectivity index (χ1n) is 13.3. The van der Waals surface area contributed by atoms with Gasteiger partial charge >= 0.3 is 0 Å². The first kappa shape index (κ1) is 31.1. The highest BCUT2D eigenvalue weighted by atomic mass is 28.1. The van der Waals surface area contributed by atoms with Gasteiger partial charge in [-0.3, -0.25) is 4.90 Å². The van der Waals surface area contributed by atoms with Crippen LogP contribution < -0.4 is 0 Å². The van der Waals surface area contributed by atoms with Crippen molar-refractivity contribution in [3.05, 3.63) is 0 Å². The molecule has 188 valence electrons. The van der Waals surface area contributed by atoms with Gasteiger partial charge < -0.3 is 14.2 Å². The van der Waals surface area contributed by atoms with Crippen molar-refractivity contribution < 1.29 is 14.2 Å². The van der Waals surface area contributed by atoms with E-state index in [4.69, 9.17) is 14.2 Å². The van der Waals surface area contributed by atoms with Crippen molar-refractivity contribution in [2.75, 3.05) is 35.4 Å². The normalized spacial score (nSPS) is 14.4. The van der Waals surface area contributed by atoms with E-state index in [0.29, 0.717) is 0 Å². The SMILES string of the molecule is CCCCCCCCCCCCCCCCCCCC(OC)(OC)C([SiH3])(OC)N(C)C. The third kappa shape index (κ3) is 12.2. The van der Waals surface area contributed by atoms with Crippen LogP contribution in [0.15, 0.2) is 0 Å². The Balaban J connectivity index is 3.70. The van der Waals surface area contributed by atoms with Crippen molar-refractivity contribution in [1.29, 1.82) is 0 Å². The van der Waals surface area contributed by atoms with Crippen molar-refractivity contribution in [2.24, 2.45) is 0 Å². The molecule has 4 nitrogen and oxygen atoms in total. The van der Waals surface area contributed by atoms with Crippen LogP contribution in [0.2, 0.25) is 0 Å². The fourth-order valence-electron chi connectivity index (χ4n) is 4.66. The summed E-state index contributed by atoms with van der Waals surface area (Å²) in [6, 6.07) is 0. The third-order valence-corrected chi connectivity index (χ3v) is 9.29. The van der Waals surface area contributed by atoms with Crippen LogP contribution in [0.4, 0.5) is 0 Å². The number of hydrogen-bond donors (Lipinski definition) is 0. The van der Waals surface area contributed by atoms with Crippen LogP contribution >= 0.6 is 0 Å². The molecule has 0 saturated carbocycles. The lowest BCUT2D eigenvalue weighted by atomic mass is 10.0. The number of nitrogens with zero attached hydrogens (tertiary/aromatic N) is 1. The van der Waals surface area contributed by atoms with Crippen LogP contribution in [0.5, 0.6) is 0 Å². The Kier molecular flexibility index (Phi) is 19.6. The molecule has 0 heterocycles. The highest BCUT2D eigenvalue weighted by Crippen LogP contribution is 2.34. The van der Waals surface area contributed by atoms with E-state index >= 15 is 0 Å². The summed E-state index contributed by atoms with van der Waals surface area (Å²) in [6.45, 7) is 2.29. The van der Waals surface area contributed by atoms with Gasteiger partial charge in [0.05, 0.1) is 10.2 Å². The third-order valence-electron chi connectivity index (χ3n) is 7.23. The maximum absolute atomic E-state index is 5.88. The smallest absolute Gasteiger partial charge is 0.206 e. The highest BCUT2D eigenvalue weighted by Gasteiger charge is 2.51. The molecule has 5 heteroatoms. The Labute approximate surface area is 198 Å². The Bertz CT molecular complexity index is 391. The van der Waals surface area contributed by atoms with Crippen molar-refractivity contribution >= 4 is 10.2 Å². The number of hydrogen-bond acceptors (Lipinski definition) is 4. The summed E-state index contributed by atoms with van der Waals surface area (Å²) in [5.41, 5.74) is 0. The highest BCUT2D eigenvalue weighted by molar-refractivity contribution is 6.15. The van der Waals surface area contributed by atoms with Gasteiger partial charge in [-0.05, 0) is 20.5 Å². The standard InChI is InChI=1S/C26H57NO3Si/c1-7-8-9-10-11-12-13-14-15-16-17-18-19-20-21-22-23-24-25(28-4,29-5)26(31,30-6)27(2)3/h7-24H2,1-6,31H3. The van der Waals surface area contributed by atoms with Crippen LogP contribution in [0.25, 0.3) is 0 Å². The van der Waals surface area contributed by atoms with Crippen molar-refractivity contribution in [1.82, 2.24) is 4.90 Å². The molecule has 0 radical (unpaired) electrons. The summed E-state index contributed by atoms with van der Waals surface area (Å²) in [5.74, 6) is -0.688. The largest absolute Gasteiger partial charge is 0.362 e. The minimum Gasteiger partial charge on any atom is -0.362 e. The zero-order chi connectivity index (χ0) is 23.4. The van der Waals surface area contributed by atoms with Gasteiger partial charge in [0.15, 0.2) is 0 Å². The molecule has 0 aromatic carbocycles. The molecule has 0 fully saturated rings.